The van der Waals surface area contributed by atoms with Crippen LogP contribution in [0.2, 0.25) is 0 Å². The number of hydrogen-bond acceptors (Lipinski definition) is 6. The molecule has 0 saturated carbocycles. The van der Waals surface area contributed by atoms with Crippen LogP contribution < -0.4 is 24.4 Å². The van der Waals surface area contributed by atoms with Crippen LogP contribution in [0.5, 0.6) is 11.5 Å². The molecule has 0 saturated heterocycles. The third-order valence-corrected chi connectivity index (χ3v) is 8.32. The quantitative estimate of drug-likeness (QED) is 0.430. The van der Waals surface area contributed by atoms with Crippen LogP contribution >= 0.6 is 22.7 Å². The maximum absolute atomic E-state index is 13.8. The zero-order valence-corrected chi connectivity index (χ0v) is 20.4. The fourth-order valence-electron chi connectivity index (χ4n) is 4.81. The van der Waals surface area contributed by atoms with Gasteiger partial charge in [-0.3, -0.25) is 9.36 Å². The Labute approximate surface area is 204 Å². The first-order valence-electron chi connectivity index (χ1n) is 11.1. The fraction of sp³-hybridized carbons (Fsp3) is 0.185. The number of thiophene rings is 1. The summed E-state index contributed by atoms with van der Waals surface area (Å²) in [5, 5.41) is 2.07. The van der Waals surface area contributed by atoms with E-state index in [2.05, 4.69) is 35.7 Å². The molecule has 7 heteroatoms. The summed E-state index contributed by atoms with van der Waals surface area (Å²) in [6.07, 6.45) is 3.73. The lowest BCUT2D eigenvalue weighted by atomic mass is 9.85. The van der Waals surface area contributed by atoms with Crippen molar-refractivity contribution in [2.24, 2.45) is 4.99 Å². The number of nitrogens with zero attached hydrogens (tertiary/aromatic N) is 2. The van der Waals surface area contributed by atoms with Crippen LogP contribution in [-0.4, -0.2) is 18.8 Å². The molecule has 2 aliphatic rings. The maximum Gasteiger partial charge on any atom is 0.271 e. The topological polar surface area (TPSA) is 52.8 Å². The van der Waals surface area contributed by atoms with Crippen molar-refractivity contribution in [3.63, 3.8) is 0 Å². The van der Waals surface area contributed by atoms with Crippen LogP contribution in [-0.2, 0) is 6.42 Å². The molecule has 0 unspecified atom stereocenters. The predicted molar refractivity (Wildman–Crippen MR) is 137 cm³/mol. The number of rotatable bonds is 4. The molecule has 1 aliphatic carbocycles. The van der Waals surface area contributed by atoms with E-state index in [1.807, 2.05) is 34.9 Å². The summed E-state index contributed by atoms with van der Waals surface area (Å²) >= 11 is 3.11. The molecule has 0 fully saturated rings. The van der Waals surface area contributed by atoms with E-state index in [0.717, 1.165) is 33.8 Å². The molecule has 0 spiro atoms. The van der Waals surface area contributed by atoms with Crippen LogP contribution in [0.4, 0.5) is 0 Å². The number of thiazole rings is 1. The Hall–Kier alpha value is -3.42. The minimum absolute atomic E-state index is 0.0302. The van der Waals surface area contributed by atoms with Gasteiger partial charge in [0.1, 0.15) is 11.5 Å². The Kier molecular flexibility index (Phi) is 5.23. The van der Waals surface area contributed by atoms with Crippen molar-refractivity contribution < 1.29 is 9.47 Å². The van der Waals surface area contributed by atoms with Crippen LogP contribution in [0.1, 0.15) is 34.0 Å². The summed E-state index contributed by atoms with van der Waals surface area (Å²) in [4.78, 5) is 20.7. The Morgan fingerprint density at radius 3 is 2.74 bits per heavy atom. The van der Waals surface area contributed by atoms with Gasteiger partial charge in [-0.05, 0) is 59.7 Å². The van der Waals surface area contributed by atoms with E-state index in [1.165, 1.54) is 28.0 Å². The lowest BCUT2D eigenvalue weighted by molar-refractivity contribution is 0.402. The molecule has 6 rings (SSSR count). The van der Waals surface area contributed by atoms with Crippen molar-refractivity contribution in [1.82, 2.24) is 4.57 Å². The Balaban J connectivity index is 1.61. The second kappa shape index (κ2) is 8.42. The monoisotopic (exact) mass is 486 g/mol. The molecule has 5 nitrogen and oxygen atoms in total. The molecular formula is C27H22N2O3S2. The van der Waals surface area contributed by atoms with Crippen LogP contribution in [0.3, 0.4) is 0 Å². The van der Waals surface area contributed by atoms with E-state index in [0.29, 0.717) is 16.0 Å². The number of hydrogen-bond donors (Lipinski definition) is 0. The SMILES string of the molecule is COc1ccc(OC)c(/C=c2/sc3n(c2=O)[C@H](c2cccs2)C2=C(N=3)c3ccccc3CC2)c1. The van der Waals surface area contributed by atoms with Crippen LogP contribution in [0, 0.1) is 0 Å². The van der Waals surface area contributed by atoms with Gasteiger partial charge >= 0.3 is 0 Å². The van der Waals surface area contributed by atoms with Crippen molar-refractivity contribution in [2.75, 3.05) is 14.2 Å². The first-order chi connectivity index (χ1) is 16.7. The van der Waals surface area contributed by atoms with Gasteiger partial charge in [-0.25, -0.2) is 4.99 Å². The maximum atomic E-state index is 13.8. The Morgan fingerprint density at radius 2 is 1.94 bits per heavy atom. The number of allylic oxidation sites excluding steroid dienone is 1. The first kappa shape index (κ1) is 21.1. The molecule has 170 valence electrons. The van der Waals surface area contributed by atoms with Crippen molar-refractivity contribution in [1.29, 1.82) is 0 Å². The molecule has 34 heavy (non-hydrogen) atoms. The van der Waals surface area contributed by atoms with Gasteiger partial charge in [0.15, 0.2) is 4.80 Å². The minimum Gasteiger partial charge on any atom is -0.497 e. The molecule has 0 N–H and O–H groups in total. The molecule has 1 aliphatic heterocycles. The fourth-order valence-corrected chi connectivity index (χ4v) is 6.65. The average molecular weight is 487 g/mol. The lowest BCUT2D eigenvalue weighted by Crippen LogP contribution is -2.38. The summed E-state index contributed by atoms with van der Waals surface area (Å²) in [7, 11) is 3.26. The van der Waals surface area contributed by atoms with Crippen molar-refractivity contribution in [3.05, 3.63) is 107 Å². The van der Waals surface area contributed by atoms with Crippen molar-refractivity contribution >= 4 is 34.4 Å². The van der Waals surface area contributed by atoms with Gasteiger partial charge in [-0.2, -0.15) is 0 Å². The third-order valence-electron chi connectivity index (χ3n) is 6.41. The van der Waals surface area contributed by atoms with E-state index in [1.54, 1.807) is 25.6 Å². The minimum atomic E-state index is -0.131. The van der Waals surface area contributed by atoms with E-state index < -0.39 is 0 Å². The van der Waals surface area contributed by atoms with Crippen LogP contribution in [0.15, 0.2) is 75.3 Å². The number of ether oxygens (including phenoxy) is 2. The van der Waals surface area contributed by atoms with E-state index in [9.17, 15) is 4.79 Å². The number of fused-ring (bicyclic) bond motifs is 3. The molecule has 2 aromatic heterocycles. The highest BCUT2D eigenvalue weighted by Gasteiger charge is 2.33. The van der Waals surface area contributed by atoms with E-state index in [4.69, 9.17) is 14.5 Å². The van der Waals surface area contributed by atoms with E-state index >= 15 is 0 Å². The molecule has 0 amide bonds. The highest BCUT2D eigenvalue weighted by atomic mass is 32.1. The Morgan fingerprint density at radius 1 is 1.06 bits per heavy atom. The predicted octanol–water partition coefficient (Wildman–Crippen LogP) is 4.40. The lowest BCUT2D eigenvalue weighted by Gasteiger charge is -2.30. The van der Waals surface area contributed by atoms with Gasteiger partial charge in [0.2, 0.25) is 0 Å². The summed E-state index contributed by atoms with van der Waals surface area (Å²) in [6.45, 7) is 0. The van der Waals surface area contributed by atoms with Crippen molar-refractivity contribution in [3.8, 4) is 11.5 Å². The van der Waals surface area contributed by atoms with Gasteiger partial charge < -0.3 is 9.47 Å². The third kappa shape index (κ3) is 3.35. The van der Waals surface area contributed by atoms with E-state index in [-0.39, 0.29) is 11.6 Å². The van der Waals surface area contributed by atoms with Gasteiger partial charge in [-0.1, -0.05) is 41.7 Å². The molecule has 0 bridgehead atoms. The standard InChI is InChI=1S/C27H22N2O3S2/c1-31-18-10-12-21(32-2)17(14-18)15-23-26(30)29-25(22-8-5-13-33-22)20-11-9-16-6-3-4-7-19(16)24(20)28-27(29)34-23/h3-8,10,12-15,25H,9,11H2,1-2H3/b23-15+/t25-/m0/s1. The number of methoxy groups -OCH3 is 2. The second-order valence-corrected chi connectivity index (χ2v) is 10.2. The zero-order chi connectivity index (χ0) is 23.2. The smallest absolute Gasteiger partial charge is 0.271 e. The second-order valence-electron chi connectivity index (χ2n) is 8.24. The summed E-state index contributed by atoms with van der Waals surface area (Å²) in [6, 6.07) is 18.1. The normalized spacial score (nSPS) is 17.0. The largest absolute Gasteiger partial charge is 0.497 e. The van der Waals surface area contributed by atoms with Crippen LogP contribution in [0.25, 0.3) is 11.8 Å². The molecule has 3 heterocycles. The zero-order valence-electron chi connectivity index (χ0n) is 18.8. The molecule has 1 atom stereocenters. The number of benzene rings is 2. The average Bonchev–Trinajstić information content (AvgIpc) is 3.51. The highest BCUT2D eigenvalue weighted by Crippen LogP contribution is 2.42. The van der Waals surface area contributed by atoms with Crippen molar-refractivity contribution in [2.45, 2.75) is 18.9 Å². The Bertz CT molecular complexity index is 1610. The molecule has 4 aromatic rings. The van der Waals surface area contributed by atoms with Gasteiger partial charge in [0, 0.05) is 16.0 Å². The molecular weight excluding hydrogens is 464 g/mol. The highest BCUT2D eigenvalue weighted by molar-refractivity contribution is 7.10. The van der Waals surface area contributed by atoms with Gasteiger partial charge in [-0.15, -0.1) is 11.3 Å². The summed E-state index contributed by atoms with van der Waals surface area (Å²) < 4.78 is 13.4. The first-order valence-corrected chi connectivity index (χ1v) is 12.8. The molecule has 2 aromatic carbocycles. The van der Waals surface area contributed by atoms with Gasteiger partial charge in [0.05, 0.1) is 30.5 Å². The number of aryl methyl sites for hydroxylation is 1. The summed E-state index contributed by atoms with van der Waals surface area (Å²) in [5.74, 6) is 1.40. The van der Waals surface area contributed by atoms with Gasteiger partial charge in [0.25, 0.3) is 5.56 Å². The summed E-state index contributed by atoms with van der Waals surface area (Å²) in [5.41, 5.74) is 5.50. The molecule has 0 radical (unpaired) electrons. The number of aromatic nitrogens is 1.